The highest BCUT2D eigenvalue weighted by molar-refractivity contribution is 7.89. The Morgan fingerprint density at radius 3 is 2.67 bits per heavy atom. The largest absolute Gasteiger partial charge is 0.381 e. The van der Waals surface area contributed by atoms with Crippen LogP contribution in [0.15, 0.2) is 11.1 Å². The molecule has 0 unspecified atom stereocenters. The number of amides is 1. The van der Waals surface area contributed by atoms with Crippen molar-refractivity contribution in [1.29, 1.82) is 0 Å². The minimum absolute atomic E-state index is 0.0500. The second-order valence-electron chi connectivity index (χ2n) is 5.12. The number of nitrogens with two attached hydrogens (primary N) is 1. The molecule has 9 heteroatoms. The summed E-state index contributed by atoms with van der Waals surface area (Å²) in [6.45, 7) is 5.88. The Bertz CT molecular complexity index is 594. The molecule has 1 amide bonds. The highest BCUT2D eigenvalue weighted by Gasteiger charge is 2.27. The number of anilines is 1. The van der Waals surface area contributed by atoms with Crippen LogP contribution in [0, 0.1) is 0 Å². The number of rotatable bonds is 7. The Morgan fingerprint density at radius 2 is 2.14 bits per heavy atom. The quantitative estimate of drug-likeness (QED) is 0.736. The van der Waals surface area contributed by atoms with E-state index in [2.05, 4.69) is 10.4 Å². The molecule has 0 aliphatic rings. The molecule has 1 aromatic rings. The van der Waals surface area contributed by atoms with Crippen molar-refractivity contribution in [2.75, 3.05) is 19.3 Å². The smallest absolute Gasteiger partial charge is 0.248 e. The van der Waals surface area contributed by atoms with Crippen LogP contribution in [0.2, 0.25) is 0 Å². The maximum Gasteiger partial charge on any atom is 0.248 e. The SMILES string of the molecule is CCCn1cc(S(=O)(=O)N(C)CC(=O)NC(C)C)c(N)n1. The molecule has 0 aromatic carbocycles. The van der Waals surface area contributed by atoms with E-state index in [0.717, 1.165) is 10.7 Å². The molecule has 8 nitrogen and oxygen atoms in total. The molecule has 0 atom stereocenters. The number of sulfonamides is 1. The van der Waals surface area contributed by atoms with Crippen molar-refractivity contribution in [2.45, 2.75) is 44.7 Å². The second-order valence-corrected chi connectivity index (χ2v) is 7.14. The predicted molar refractivity (Wildman–Crippen MR) is 80.0 cm³/mol. The van der Waals surface area contributed by atoms with Gasteiger partial charge in [0.25, 0.3) is 0 Å². The Hall–Kier alpha value is -1.61. The van der Waals surface area contributed by atoms with E-state index in [1.165, 1.54) is 17.9 Å². The molecule has 1 rings (SSSR count). The van der Waals surface area contributed by atoms with E-state index in [9.17, 15) is 13.2 Å². The summed E-state index contributed by atoms with van der Waals surface area (Å²) in [4.78, 5) is 11.6. The number of aromatic nitrogens is 2. The zero-order valence-electron chi connectivity index (χ0n) is 12.8. The Labute approximate surface area is 125 Å². The number of likely N-dealkylation sites (N-methyl/N-ethyl adjacent to an activating group) is 1. The van der Waals surface area contributed by atoms with Gasteiger partial charge in [-0.25, -0.2) is 8.42 Å². The fourth-order valence-corrected chi connectivity index (χ4v) is 2.97. The zero-order chi connectivity index (χ0) is 16.2. The van der Waals surface area contributed by atoms with Gasteiger partial charge >= 0.3 is 0 Å². The van der Waals surface area contributed by atoms with E-state index in [1.54, 1.807) is 13.8 Å². The van der Waals surface area contributed by atoms with Crippen LogP contribution in [0.25, 0.3) is 0 Å². The molecule has 0 aliphatic carbocycles. The van der Waals surface area contributed by atoms with E-state index < -0.39 is 10.0 Å². The van der Waals surface area contributed by atoms with E-state index in [0.29, 0.717) is 6.54 Å². The van der Waals surface area contributed by atoms with Gasteiger partial charge in [0, 0.05) is 25.8 Å². The van der Waals surface area contributed by atoms with Gasteiger partial charge < -0.3 is 11.1 Å². The molecular weight excluding hydrogens is 294 g/mol. The lowest BCUT2D eigenvalue weighted by atomic mass is 10.4. The highest BCUT2D eigenvalue weighted by Crippen LogP contribution is 2.20. The minimum atomic E-state index is -3.83. The molecule has 0 bridgehead atoms. The van der Waals surface area contributed by atoms with Crippen LogP contribution >= 0.6 is 0 Å². The lowest BCUT2D eigenvalue weighted by molar-refractivity contribution is -0.121. The van der Waals surface area contributed by atoms with E-state index in [1.807, 2.05) is 6.92 Å². The summed E-state index contributed by atoms with van der Waals surface area (Å²) in [5.41, 5.74) is 5.67. The van der Waals surface area contributed by atoms with Crippen LogP contribution in [0.3, 0.4) is 0 Å². The second kappa shape index (κ2) is 6.90. The van der Waals surface area contributed by atoms with Crippen molar-refractivity contribution in [3.63, 3.8) is 0 Å². The Balaban J connectivity index is 2.92. The monoisotopic (exact) mass is 317 g/mol. The summed E-state index contributed by atoms with van der Waals surface area (Å²) in [5.74, 6) is -0.421. The number of nitrogens with one attached hydrogen (secondary N) is 1. The topological polar surface area (TPSA) is 110 Å². The number of hydrogen-bond donors (Lipinski definition) is 2. The molecular formula is C12H23N5O3S. The fourth-order valence-electron chi connectivity index (χ4n) is 1.78. The lowest BCUT2D eigenvalue weighted by Gasteiger charge is -2.17. The molecule has 0 spiro atoms. The molecule has 21 heavy (non-hydrogen) atoms. The van der Waals surface area contributed by atoms with Crippen molar-refractivity contribution in [3.05, 3.63) is 6.20 Å². The molecule has 1 heterocycles. The van der Waals surface area contributed by atoms with Crippen LogP contribution in [0.4, 0.5) is 5.82 Å². The average molecular weight is 317 g/mol. The van der Waals surface area contributed by atoms with Gasteiger partial charge in [-0.15, -0.1) is 0 Å². The first kappa shape index (κ1) is 17.4. The first-order chi connectivity index (χ1) is 9.68. The van der Waals surface area contributed by atoms with Crippen LogP contribution < -0.4 is 11.1 Å². The maximum atomic E-state index is 12.4. The molecule has 0 radical (unpaired) electrons. The predicted octanol–water partition coefficient (Wildman–Crippen LogP) is 0.0204. The molecule has 0 saturated carbocycles. The van der Waals surface area contributed by atoms with Crippen LogP contribution in [-0.2, 0) is 21.4 Å². The lowest BCUT2D eigenvalue weighted by Crippen LogP contribution is -2.40. The third-order valence-corrected chi connectivity index (χ3v) is 4.53. The Morgan fingerprint density at radius 1 is 1.52 bits per heavy atom. The summed E-state index contributed by atoms with van der Waals surface area (Å²) >= 11 is 0. The number of carbonyl (C=O) groups excluding carboxylic acids is 1. The number of aryl methyl sites for hydroxylation is 1. The maximum absolute atomic E-state index is 12.4. The van der Waals surface area contributed by atoms with Crippen molar-refractivity contribution < 1.29 is 13.2 Å². The van der Waals surface area contributed by atoms with Gasteiger partial charge in [0.2, 0.25) is 15.9 Å². The third-order valence-electron chi connectivity index (χ3n) is 2.71. The van der Waals surface area contributed by atoms with Crippen LogP contribution in [-0.4, -0.2) is 48.0 Å². The number of nitrogens with zero attached hydrogens (tertiary/aromatic N) is 3. The summed E-state index contributed by atoms with van der Waals surface area (Å²) in [6, 6.07) is -0.0500. The van der Waals surface area contributed by atoms with Gasteiger partial charge in [0.05, 0.1) is 6.54 Å². The molecule has 0 aliphatic heterocycles. The zero-order valence-corrected chi connectivity index (χ0v) is 13.6. The minimum Gasteiger partial charge on any atom is -0.381 e. The first-order valence-electron chi connectivity index (χ1n) is 6.77. The van der Waals surface area contributed by atoms with Gasteiger partial charge in [0.15, 0.2) is 5.82 Å². The van der Waals surface area contributed by atoms with E-state index >= 15 is 0 Å². The summed E-state index contributed by atoms with van der Waals surface area (Å²) in [6.07, 6.45) is 2.21. The standard InChI is InChI=1S/C12H23N5O3S/c1-5-6-17-7-10(12(13)15-17)21(19,20)16(4)8-11(18)14-9(2)3/h7,9H,5-6,8H2,1-4H3,(H2,13,15)(H,14,18). The summed E-state index contributed by atoms with van der Waals surface area (Å²) < 4.78 is 27.3. The molecule has 0 fully saturated rings. The van der Waals surface area contributed by atoms with E-state index in [-0.39, 0.29) is 29.2 Å². The normalized spacial score (nSPS) is 12.1. The Kier molecular flexibility index (Phi) is 5.73. The summed E-state index contributed by atoms with van der Waals surface area (Å²) in [5, 5.41) is 6.60. The number of nitrogen functional groups attached to an aromatic ring is 1. The highest BCUT2D eigenvalue weighted by atomic mass is 32.2. The van der Waals surface area contributed by atoms with Crippen LogP contribution in [0.1, 0.15) is 27.2 Å². The molecule has 120 valence electrons. The number of carbonyl (C=O) groups is 1. The van der Waals surface area contributed by atoms with Crippen molar-refractivity contribution in [2.24, 2.45) is 0 Å². The van der Waals surface area contributed by atoms with Crippen molar-refractivity contribution >= 4 is 21.7 Å². The van der Waals surface area contributed by atoms with Crippen LogP contribution in [0.5, 0.6) is 0 Å². The number of hydrogen-bond acceptors (Lipinski definition) is 5. The first-order valence-corrected chi connectivity index (χ1v) is 8.21. The van der Waals surface area contributed by atoms with Crippen molar-refractivity contribution in [3.8, 4) is 0 Å². The van der Waals surface area contributed by atoms with Crippen molar-refractivity contribution in [1.82, 2.24) is 19.4 Å². The summed E-state index contributed by atoms with van der Waals surface area (Å²) in [7, 11) is -2.49. The molecule has 0 saturated heterocycles. The average Bonchev–Trinajstić information content (AvgIpc) is 2.70. The van der Waals surface area contributed by atoms with Gasteiger partial charge in [-0.1, -0.05) is 6.92 Å². The van der Waals surface area contributed by atoms with E-state index in [4.69, 9.17) is 5.73 Å². The van der Waals surface area contributed by atoms with Gasteiger partial charge in [-0.05, 0) is 20.3 Å². The van der Waals surface area contributed by atoms with Gasteiger partial charge in [-0.3, -0.25) is 9.48 Å². The van der Waals surface area contributed by atoms with Gasteiger partial charge in [0.1, 0.15) is 4.90 Å². The third kappa shape index (κ3) is 4.43. The molecule has 1 aromatic heterocycles. The van der Waals surface area contributed by atoms with Gasteiger partial charge in [-0.2, -0.15) is 9.40 Å². The molecule has 3 N–H and O–H groups in total. The fraction of sp³-hybridized carbons (Fsp3) is 0.667.